The van der Waals surface area contributed by atoms with E-state index in [1.807, 2.05) is 11.8 Å². The van der Waals surface area contributed by atoms with Crippen LogP contribution < -0.4 is 5.73 Å². The topological polar surface area (TPSA) is 63.4 Å². The number of nitrogens with two attached hydrogens (primary N) is 1. The summed E-state index contributed by atoms with van der Waals surface area (Å²) in [4.78, 5) is 23.8. The molecule has 4 nitrogen and oxygen atoms in total. The fourth-order valence-electron chi connectivity index (χ4n) is 1.56. The smallest absolute Gasteiger partial charge is 0.231 e. The summed E-state index contributed by atoms with van der Waals surface area (Å²) < 4.78 is 0. The second-order valence-electron chi connectivity index (χ2n) is 4.05. The molecule has 0 saturated heterocycles. The molecule has 1 unspecified atom stereocenters. The van der Waals surface area contributed by atoms with E-state index in [0.717, 1.165) is 19.4 Å². The van der Waals surface area contributed by atoms with Crippen molar-refractivity contribution in [3.8, 4) is 0 Å². The van der Waals surface area contributed by atoms with E-state index in [2.05, 4.69) is 6.92 Å². The molecule has 15 heavy (non-hydrogen) atoms. The SMILES string of the molecule is CCCCN(CC(N)=O)C(C)CC(C)=O. The predicted molar refractivity (Wildman–Crippen MR) is 60.4 cm³/mol. The number of carbonyl (C=O) groups is 2. The van der Waals surface area contributed by atoms with Gasteiger partial charge >= 0.3 is 0 Å². The number of hydrogen-bond donors (Lipinski definition) is 1. The van der Waals surface area contributed by atoms with Crippen LogP contribution in [0.1, 0.15) is 40.0 Å². The molecular formula is C11H22N2O2. The zero-order valence-corrected chi connectivity index (χ0v) is 9.95. The third-order valence-electron chi connectivity index (χ3n) is 2.36. The molecule has 0 fully saturated rings. The highest BCUT2D eigenvalue weighted by Gasteiger charge is 2.16. The van der Waals surface area contributed by atoms with Crippen LogP contribution in [0.2, 0.25) is 0 Å². The maximum atomic E-state index is 11.0. The molecule has 0 rings (SSSR count). The molecule has 0 aliphatic carbocycles. The van der Waals surface area contributed by atoms with Gasteiger partial charge in [-0.2, -0.15) is 0 Å². The fraction of sp³-hybridized carbons (Fsp3) is 0.818. The zero-order chi connectivity index (χ0) is 11.8. The standard InChI is InChI=1S/C11H22N2O2/c1-4-5-6-13(8-11(12)15)9(2)7-10(3)14/h9H,4-8H2,1-3H3,(H2,12,15). The lowest BCUT2D eigenvalue weighted by Crippen LogP contribution is -2.41. The normalized spacial score (nSPS) is 12.8. The van der Waals surface area contributed by atoms with E-state index in [0.29, 0.717) is 6.42 Å². The summed E-state index contributed by atoms with van der Waals surface area (Å²) in [7, 11) is 0. The lowest BCUT2D eigenvalue weighted by atomic mass is 10.1. The van der Waals surface area contributed by atoms with Crippen LogP contribution in [-0.2, 0) is 9.59 Å². The lowest BCUT2D eigenvalue weighted by molar-refractivity contribution is -0.122. The molecule has 0 bridgehead atoms. The molecule has 0 radical (unpaired) electrons. The number of nitrogens with zero attached hydrogens (tertiary/aromatic N) is 1. The Morgan fingerprint density at radius 1 is 1.40 bits per heavy atom. The summed E-state index contributed by atoms with van der Waals surface area (Å²) in [6, 6.07) is 0.0987. The van der Waals surface area contributed by atoms with Crippen LogP contribution in [0.25, 0.3) is 0 Å². The summed E-state index contributed by atoms with van der Waals surface area (Å²) in [5.74, 6) is -0.185. The first-order chi connectivity index (χ1) is 6.97. The van der Waals surface area contributed by atoms with Crippen molar-refractivity contribution in [1.29, 1.82) is 0 Å². The van der Waals surface area contributed by atoms with Crippen molar-refractivity contribution < 1.29 is 9.59 Å². The minimum absolute atomic E-state index is 0.0987. The van der Waals surface area contributed by atoms with Gasteiger partial charge in [-0.05, 0) is 26.8 Å². The van der Waals surface area contributed by atoms with Gasteiger partial charge in [-0.3, -0.25) is 14.5 Å². The number of unbranched alkanes of at least 4 members (excludes halogenated alkanes) is 1. The Kier molecular flexibility index (Phi) is 6.96. The van der Waals surface area contributed by atoms with Gasteiger partial charge in [-0.25, -0.2) is 0 Å². The molecular weight excluding hydrogens is 192 g/mol. The van der Waals surface area contributed by atoms with Crippen molar-refractivity contribution in [3.05, 3.63) is 0 Å². The molecule has 0 aliphatic heterocycles. The van der Waals surface area contributed by atoms with Crippen LogP contribution >= 0.6 is 0 Å². The van der Waals surface area contributed by atoms with Crippen molar-refractivity contribution in [2.75, 3.05) is 13.1 Å². The molecule has 1 amide bonds. The summed E-state index contributed by atoms with van der Waals surface area (Å²) in [6.45, 7) is 6.69. The molecule has 2 N–H and O–H groups in total. The molecule has 0 spiro atoms. The molecule has 0 saturated carbocycles. The third-order valence-corrected chi connectivity index (χ3v) is 2.36. The predicted octanol–water partition coefficient (Wildman–Crippen LogP) is 0.941. The van der Waals surface area contributed by atoms with Gasteiger partial charge < -0.3 is 5.73 Å². The van der Waals surface area contributed by atoms with Crippen molar-refractivity contribution in [2.24, 2.45) is 5.73 Å². The average molecular weight is 214 g/mol. The van der Waals surface area contributed by atoms with E-state index >= 15 is 0 Å². The van der Waals surface area contributed by atoms with Crippen LogP contribution in [0, 0.1) is 0 Å². The van der Waals surface area contributed by atoms with Gasteiger partial charge in [0.1, 0.15) is 5.78 Å². The van der Waals surface area contributed by atoms with Gasteiger partial charge in [0, 0.05) is 12.5 Å². The number of hydrogen-bond acceptors (Lipinski definition) is 3. The van der Waals surface area contributed by atoms with Crippen molar-refractivity contribution in [3.63, 3.8) is 0 Å². The van der Waals surface area contributed by atoms with Crippen LogP contribution in [0.15, 0.2) is 0 Å². The second-order valence-corrected chi connectivity index (χ2v) is 4.05. The van der Waals surface area contributed by atoms with E-state index in [1.54, 1.807) is 6.92 Å². The monoisotopic (exact) mass is 214 g/mol. The highest BCUT2D eigenvalue weighted by Crippen LogP contribution is 2.06. The van der Waals surface area contributed by atoms with Gasteiger partial charge in [-0.15, -0.1) is 0 Å². The summed E-state index contributed by atoms with van der Waals surface area (Å²) in [5, 5.41) is 0. The van der Waals surface area contributed by atoms with Crippen molar-refractivity contribution in [1.82, 2.24) is 4.90 Å². The summed E-state index contributed by atoms with van der Waals surface area (Å²) >= 11 is 0. The van der Waals surface area contributed by atoms with Gasteiger partial charge in [0.2, 0.25) is 5.91 Å². The molecule has 1 atom stereocenters. The third kappa shape index (κ3) is 7.08. The van der Waals surface area contributed by atoms with E-state index in [1.165, 1.54) is 0 Å². The Balaban J connectivity index is 4.19. The van der Waals surface area contributed by atoms with Crippen LogP contribution in [0.3, 0.4) is 0 Å². The Hall–Kier alpha value is -0.900. The highest BCUT2D eigenvalue weighted by atomic mass is 16.1. The van der Waals surface area contributed by atoms with Crippen molar-refractivity contribution >= 4 is 11.7 Å². The molecule has 0 heterocycles. The first kappa shape index (κ1) is 14.1. The van der Waals surface area contributed by atoms with E-state index in [-0.39, 0.29) is 24.3 Å². The fourth-order valence-corrected chi connectivity index (χ4v) is 1.56. The van der Waals surface area contributed by atoms with Crippen LogP contribution in [0.4, 0.5) is 0 Å². The molecule has 88 valence electrons. The zero-order valence-electron chi connectivity index (χ0n) is 9.95. The Morgan fingerprint density at radius 2 is 2.00 bits per heavy atom. The average Bonchev–Trinajstić information content (AvgIpc) is 2.10. The molecule has 0 aromatic rings. The van der Waals surface area contributed by atoms with E-state index < -0.39 is 0 Å². The summed E-state index contributed by atoms with van der Waals surface area (Å²) in [6.07, 6.45) is 2.58. The van der Waals surface area contributed by atoms with Crippen LogP contribution in [-0.4, -0.2) is 35.7 Å². The largest absolute Gasteiger partial charge is 0.369 e. The van der Waals surface area contributed by atoms with E-state index in [4.69, 9.17) is 5.73 Å². The number of carbonyl (C=O) groups excluding carboxylic acids is 2. The number of amides is 1. The molecule has 0 aromatic carbocycles. The van der Waals surface area contributed by atoms with E-state index in [9.17, 15) is 9.59 Å². The molecule has 4 heteroatoms. The second kappa shape index (κ2) is 7.40. The lowest BCUT2D eigenvalue weighted by Gasteiger charge is -2.27. The minimum Gasteiger partial charge on any atom is -0.369 e. The number of primary amides is 1. The Bertz CT molecular complexity index is 217. The minimum atomic E-state index is -0.332. The number of Topliss-reactive ketones (excluding diaryl/α,β-unsaturated/α-hetero) is 1. The first-order valence-electron chi connectivity index (χ1n) is 5.49. The van der Waals surface area contributed by atoms with Gasteiger partial charge in [0.15, 0.2) is 0 Å². The molecule has 0 aromatic heterocycles. The van der Waals surface area contributed by atoms with Gasteiger partial charge in [-0.1, -0.05) is 13.3 Å². The molecule has 0 aliphatic rings. The maximum absolute atomic E-state index is 11.0. The van der Waals surface area contributed by atoms with Crippen molar-refractivity contribution in [2.45, 2.75) is 46.1 Å². The maximum Gasteiger partial charge on any atom is 0.231 e. The Labute approximate surface area is 91.8 Å². The van der Waals surface area contributed by atoms with Gasteiger partial charge in [0.05, 0.1) is 6.54 Å². The summed E-state index contributed by atoms with van der Waals surface area (Å²) in [5.41, 5.74) is 5.17. The quantitative estimate of drug-likeness (QED) is 0.654. The van der Waals surface area contributed by atoms with Crippen LogP contribution in [0.5, 0.6) is 0 Å². The number of rotatable bonds is 8. The highest BCUT2D eigenvalue weighted by molar-refractivity contribution is 5.77. The first-order valence-corrected chi connectivity index (χ1v) is 5.49. The Morgan fingerprint density at radius 3 is 2.40 bits per heavy atom. The number of ketones is 1. The van der Waals surface area contributed by atoms with Gasteiger partial charge in [0.25, 0.3) is 0 Å².